The smallest absolute Gasteiger partial charge is 0.514 e. The van der Waals surface area contributed by atoms with Crippen LogP contribution in [-0.4, -0.2) is 23.3 Å². The lowest BCUT2D eigenvalue weighted by Gasteiger charge is -2.15. The molecule has 6 nitrogen and oxygen atoms in total. The van der Waals surface area contributed by atoms with Crippen LogP contribution in [0, 0.1) is 13.8 Å². The molecule has 2 aromatic carbocycles. The molecule has 0 radical (unpaired) electrons. The highest BCUT2D eigenvalue weighted by Crippen LogP contribution is 2.26. The predicted molar refractivity (Wildman–Crippen MR) is 87.9 cm³/mol. The number of hydrogen-bond acceptors (Lipinski definition) is 6. The number of carbonyl (C=O) groups is 2. The van der Waals surface area contributed by atoms with E-state index >= 15 is 0 Å². The number of carboxylic acids is 1. The third kappa shape index (κ3) is 5.32. The Bertz CT molecular complexity index is 731. The Morgan fingerprint density at radius 1 is 1.08 bits per heavy atom. The van der Waals surface area contributed by atoms with Gasteiger partial charge in [0, 0.05) is 6.42 Å². The molecule has 2 rings (SSSR count). The Morgan fingerprint density at radius 2 is 1.68 bits per heavy atom. The number of carboxylic acid groups (broad SMARTS) is 1. The van der Waals surface area contributed by atoms with Crippen LogP contribution in [0.15, 0.2) is 42.5 Å². The molecule has 1 atom stereocenters. The fourth-order valence-corrected chi connectivity index (χ4v) is 2.45. The van der Waals surface area contributed by atoms with Crippen molar-refractivity contribution >= 4 is 12.1 Å². The van der Waals surface area contributed by atoms with Crippen molar-refractivity contribution in [2.24, 2.45) is 0 Å². The standard InChI is InChI=1S/C19H20O6/c1-12-8-15(10-16(20)18(21)22)9-13(2)17(12)25-19(23)24-11-14-6-4-3-5-7-14/h3-9,16,20H,10-11H2,1-2H3,(H,21,22)/p-1/t16-/m1/s1. The number of aliphatic hydroxyl groups is 1. The predicted octanol–water partition coefficient (Wildman–Crippen LogP) is 1.67. The highest BCUT2D eigenvalue weighted by atomic mass is 16.7. The average Bonchev–Trinajstić information content (AvgIpc) is 2.57. The highest BCUT2D eigenvalue weighted by Gasteiger charge is 2.14. The van der Waals surface area contributed by atoms with Gasteiger partial charge in [0.15, 0.2) is 0 Å². The maximum Gasteiger partial charge on any atom is 0.514 e. The van der Waals surface area contributed by atoms with E-state index in [1.807, 2.05) is 30.3 Å². The molecule has 0 aromatic heterocycles. The normalized spacial score (nSPS) is 11.6. The number of hydrogen-bond donors (Lipinski definition) is 1. The first-order chi connectivity index (χ1) is 11.9. The van der Waals surface area contributed by atoms with Crippen molar-refractivity contribution < 1.29 is 29.3 Å². The van der Waals surface area contributed by atoms with Crippen molar-refractivity contribution in [3.63, 3.8) is 0 Å². The molecule has 0 amide bonds. The molecule has 0 saturated carbocycles. The van der Waals surface area contributed by atoms with E-state index in [1.165, 1.54) is 0 Å². The number of benzene rings is 2. The zero-order valence-corrected chi connectivity index (χ0v) is 14.0. The topological polar surface area (TPSA) is 95.9 Å². The van der Waals surface area contributed by atoms with Gasteiger partial charge in [0.1, 0.15) is 12.4 Å². The van der Waals surface area contributed by atoms with Gasteiger partial charge in [0.25, 0.3) is 0 Å². The van der Waals surface area contributed by atoms with Crippen LogP contribution in [0.3, 0.4) is 0 Å². The van der Waals surface area contributed by atoms with Crippen LogP contribution in [-0.2, 0) is 22.6 Å². The van der Waals surface area contributed by atoms with Gasteiger partial charge in [-0.2, -0.15) is 0 Å². The largest absolute Gasteiger partial charge is 0.547 e. The molecule has 0 aliphatic heterocycles. The third-order valence-corrected chi connectivity index (χ3v) is 3.61. The number of ether oxygens (including phenoxy) is 2. The van der Waals surface area contributed by atoms with Gasteiger partial charge in [0.05, 0.1) is 12.1 Å². The van der Waals surface area contributed by atoms with E-state index < -0.39 is 18.2 Å². The summed E-state index contributed by atoms with van der Waals surface area (Å²) in [7, 11) is 0. The third-order valence-electron chi connectivity index (χ3n) is 3.61. The molecule has 0 unspecified atom stereocenters. The second kappa shape index (κ2) is 8.30. The monoisotopic (exact) mass is 343 g/mol. The maximum absolute atomic E-state index is 11.9. The van der Waals surface area contributed by atoms with E-state index in [4.69, 9.17) is 9.47 Å². The van der Waals surface area contributed by atoms with Gasteiger partial charge < -0.3 is 24.5 Å². The van der Waals surface area contributed by atoms with E-state index in [9.17, 15) is 19.8 Å². The van der Waals surface area contributed by atoms with Crippen LogP contribution in [0.5, 0.6) is 5.75 Å². The first-order valence-electron chi connectivity index (χ1n) is 7.74. The summed E-state index contributed by atoms with van der Waals surface area (Å²) in [5.41, 5.74) is 2.73. The fraction of sp³-hybridized carbons (Fsp3) is 0.263. The van der Waals surface area contributed by atoms with Crippen LogP contribution >= 0.6 is 0 Å². The van der Waals surface area contributed by atoms with Crippen LogP contribution in [0.4, 0.5) is 4.79 Å². The first kappa shape index (κ1) is 18.5. The highest BCUT2D eigenvalue weighted by molar-refractivity contribution is 5.70. The molecule has 1 N–H and O–H groups in total. The van der Waals surface area contributed by atoms with E-state index in [-0.39, 0.29) is 13.0 Å². The van der Waals surface area contributed by atoms with E-state index in [1.54, 1.807) is 26.0 Å². The molecule has 6 heteroatoms. The second-order valence-electron chi connectivity index (χ2n) is 5.72. The maximum atomic E-state index is 11.9. The van der Waals surface area contributed by atoms with Gasteiger partial charge in [-0.3, -0.25) is 0 Å². The number of rotatable bonds is 6. The summed E-state index contributed by atoms with van der Waals surface area (Å²) in [5.74, 6) is -1.18. The molecule has 0 aliphatic rings. The lowest BCUT2D eigenvalue weighted by molar-refractivity contribution is -0.314. The van der Waals surface area contributed by atoms with E-state index in [0.29, 0.717) is 22.4 Å². The fourth-order valence-electron chi connectivity index (χ4n) is 2.45. The number of aliphatic hydroxyl groups excluding tert-OH is 1. The Morgan fingerprint density at radius 3 is 2.24 bits per heavy atom. The van der Waals surface area contributed by atoms with Crippen molar-refractivity contribution in [2.75, 3.05) is 0 Å². The molecule has 132 valence electrons. The molecule has 25 heavy (non-hydrogen) atoms. The Labute approximate surface area is 145 Å². The minimum absolute atomic E-state index is 0.0806. The summed E-state index contributed by atoms with van der Waals surface area (Å²) in [6.45, 7) is 3.55. The quantitative estimate of drug-likeness (QED) is 0.633. The molecular formula is C19H19O6-. The molecular weight excluding hydrogens is 324 g/mol. The molecule has 0 heterocycles. The van der Waals surface area contributed by atoms with Gasteiger partial charge >= 0.3 is 6.16 Å². The van der Waals surface area contributed by atoms with E-state index in [0.717, 1.165) is 5.56 Å². The van der Waals surface area contributed by atoms with Crippen molar-refractivity contribution in [1.82, 2.24) is 0 Å². The summed E-state index contributed by atoms with van der Waals surface area (Å²) < 4.78 is 10.3. The summed E-state index contributed by atoms with van der Waals surface area (Å²) in [6.07, 6.45) is -2.48. The van der Waals surface area contributed by atoms with E-state index in [2.05, 4.69) is 0 Å². The Hall–Kier alpha value is -2.86. The molecule has 0 aliphatic carbocycles. The average molecular weight is 343 g/mol. The number of aryl methyl sites for hydroxylation is 2. The lowest BCUT2D eigenvalue weighted by Crippen LogP contribution is -2.36. The van der Waals surface area contributed by atoms with Crippen LogP contribution in [0.1, 0.15) is 22.3 Å². The van der Waals surface area contributed by atoms with Crippen LogP contribution in [0.2, 0.25) is 0 Å². The molecule has 0 fully saturated rings. The number of carbonyl (C=O) groups excluding carboxylic acids is 2. The van der Waals surface area contributed by atoms with Crippen molar-refractivity contribution in [3.05, 3.63) is 64.7 Å². The summed E-state index contributed by atoms with van der Waals surface area (Å²) in [4.78, 5) is 22.5. The first-order valence-corrected chi connectivity index (χ1v) is 7.74. The lowest BCUT2D eigenvalue weighted by atomic mass is 10.0. The molecule has 0 saturated heterocycles. The molecule has 2 aromatic rings. The minimum atomic E-state index is -1.58. The SMILES string of the molecule is Cc1cc(C[C@@H](O)C(=O)[O-])cc(C)c1OC(=O)OCc1ccccc1. The minimum Gasteiger partial charge on any atom is -0.547 e. The Kier molecular flexibility index (Phi) is 6.14. The van der Waals surface area contributed by atoms with Crippen molar-refractivity contribution in [3.8, 4) is 5.75 Å². The van der Waals surface area contributed by atoms with Crippen LogP contribution < -0.4 is 9.84 Å². The molecule has 0 bridgehead atoms. The van der Waals surface area contributed by atoms with Gasteiger partial charge in [-0.1, -0.05) is 42.5 Å². The summed E-state index contributed by atoms with van der Waals surface area (Å²) in [6, 6.07) is 12.5. The molecule has 0 spiro atoms. The van der Waals surface area contributed by atoms with Gasteiger partial charge in [-0.05, 0) is 36.1 Å². The zero-order valence-electron chi connectivity index (χ0n) is 14.0. The van der Waals surface area contributed by atoms with Crippen LogP contribution in [0.25, 0.3) is 0 Å². The summed E-state index contributed by atoms with van der Waals surface area (Å²) in [5, 5.41) is 20.0. The number of aliphatic carboxylic acids is 1. The van der Waals surface area contributed by atoms with Gasteiger partial charge in [0.2, 0.25) is 0 Å². The van der Waals surface area contributed by atoms with Crippen molar-refractivity contribution in [1.29, 1.82) is 0 Å². The zero-order chi connectivity index (χ0) is 18.4. The Balaban J connectivity index is 2.01. The second-order valence-corrected chi connectivity index (χ2v) is 5.72. The van der Waals surface area contributed by atoms with Gasteiger partial charge in [-0.15, -0.1) is 0 Å². The summed E-state index contributed by atoms with van der Waals surface area (Å²) >= 11 is 0. The van der Waals surface area contributed by atoms with Crippen molar-refractivity contribution in [2.45, 2.75) is 33.0 Å². The van der Waals surface area contributed by atoms with Gasteiger partial charge in [-0.25, -0.2) is 4.79 Å².